The highest BCUT2D eigenvalue weighted by Crippen LogP contribution is 2.17. The molecule has 2 rings (SSSR count). The van der Waals surface area contributed by atoms with Crippen LogP contribution in [0.4, 0.5) is 0 Å². The van der Waals surface area contributed by atoms with Crippen LogP contribution in [-0.4, -0.2) is 35.9 Å². The van der Waals surface area contributed by atoms with Crippen molar-refractivity contribution in [1.29, 1.82) is 0 Å². The van der Waals surface area contributed by atoms with Crippen LogP contribution in [0, 0.1) is 3.57 Å². The van der Waals surface area contributed by atoms with E-state index in [9.17, 15) is 9.59 Å². The fraction of sp³-hybridized carbons (Fsp3) is 0.364. The summed E-state index contributed by atoms with van der Waals surface area (Å²) in [6.07, 6.45) is 1.35. The molecule has 0 heterocycles. The van der Waals surface area contributed by atoms with Gasteiger partial charge in [0.15, 0.2) is 6.61 Å². The number of benzene rings is 2. The van der Waals surface area contributed by atoms with Gasteiger partial charge >= 0.3 is 0 Å². The van der Waals surface area contributed by atoms with Crippen molar-refractivity contribution in [3.8, 4) is 5.75 Å². The molecule has 0 spiro atoms. The molecule has 0 radical (unpaired) electrons. The first-order chi connectivity index (χ1) is 13.9. The first-order valence-electron chi connectivity index (χ1n) is 9.64. The van der Waals surface area contributed by atoms with E-state index < -0.39 is 6.04 Å². The molecule has 0 aliphatic heterocycles. The third-order valence-electron chi connectivity index (χ3n) is 4.38. The van der Waals surface area contributed by atoms with E-state index in [1.807, 2.05) is 50.2 Å². The van der Waals surface area contributed by atoms with E-state index in [1.165, 1.54) is 0 Å². The summed E-state index contributed by atoms with van der Waals surface area (Å²) in [5.74, 6) is 0.233. The number of halogens is 2. The highest BCUT2D eigenvalue weighted by atomic mass is 127. The molecule has 0 saturated carbocycles. The van der Waals surface area contributed by atoms with E-state index in [1.54, 1.807) is 17.0 Å². The van der Waals surface area contributed by atoms with Crippen LogP contribution in [-0.2, 0) is 16.1 Å². The molecule has 0 aliphatic carbocycles. The molecule has 0 unspecified atom stereocenters. The lowest BCUT2D eigenvalue weighted by Crippen LogP contribution is -2.50. The molecule has 0 fully saturated rings. The van der Waals surface area contributed by atoms with Crippen molar-refractivity contribution in [3.63, 3.8) is 0 Å². The van der Waals surface area contributed by atoms with Gasteiger partial charge in [0.05, 0.1) is 0 Å². The van der Waals surface area contributed by atoms with Gasteiger partial charge in [-0.2, -0.15) is 0 Å². The van der Waals surface area contributed by atoms with Gasteiger partial charge in [-0.3, -0.25) is 9.59 Å². The summed E-state index contributed by atoms with van der Waals surface area (Å²) >= 11 is 8.18. The van der Waals surface area contributed by atoms with Crippen LogP contribution in [0.1, 0.15) is 32.3 Å². The van der Waals surface area contributed by atoms with E-state index in [0.29, 0.717) is 30.3 Å². The quantitative estimate of drug-likeness (QED) is 0.457. The SMILES string of the molecule is CCCNC(=O)[C@H](CC)N(Cc1ccc(Cl)cc1)C(=O)COc1ccc(I)cc1. The summed E-state index contributed by atoms with van der Waals surface area (Å²) in [4.78, 5) is 27.3. The second-order valence-electron chi connectivity index (χ2n) is 6.61. The van der Waals surface area contributed by atoms with Crippen molar-refractivity contribution in [2.24, 2.45) is 0 Å². The largest absolute Gasteiger partial charge is 0.484 e. The first kappa shape index (κ1) is 23.5. The van der Waals surface area contributed by atoms with Gasteiger partial charge in [0.2, 0.25) is 5.91 Å². The Hall–Kier alpha value is -1.80. The molecule has 5 nitrogen and oxygen atoms in total. The predicted molar refractivity (Wildman–Crippen MR) is 124 cm³/mol. The van der Waals surface area contributed by atoms with Crippen molar-refractivity contribution in [3.05, 3.63) is 62.7 Å². The summed E-state index contributed by atoms with van der Waals surface area (Å²) in [6, 6.07) is 14.2. The number of nitrogens with zero attached hydrogens (tertiary/aromatic N) is 1. The fourth-order valence-electron chi connectivity index (χ4n) is 2.83. The first-order valence-corrected chi connectivity index (χ1v) is 11.1. The van der Waals surface area contributed by atoms with Crippen LogP contribution in [0.15, 0.2) is 48.5 Å². The number of ether oxygens (including phenoxy) is 1. The van der Waals surface area contributed by atoms with Crippen molar-refractivity contribution >= 4 is 46.0 Å². The molecule has 0 aliphatic rings. The third kappa shape index (κ3) is 7.51. The number of hydrogen-bond acceptors (Lipinski definition) is 3. The summed E-state index contributed by atoms with van der Waals surface area (Å²) in [5.41, 5.74) is 0.902. The highest BCUT2D eigenvalue weighted by molar-refractivity contribution is 14.1. The zero-order valence-corrected chi connectivity index (χ0v) is 19.6. The maximum absolute atomic E-state index is 13.0. The predicted octanol–water partition coefficient (Wildman–Crippen LogP) is 4.66. The van der Waals surface area contributed by atoms with Crippen molar-refractivity contribution < 1.29 is 14.3 Å². The molecule has 0 aromatic heterocycles. The van der Waals surface area contributed by atoms with Crippen LogP contribution >= 0.6 is 34.2 Å². The lowest BCUT2D eigenvalue weighted by molar-refractivity contribution is -0.143. The Labute approximate surface area is 190 Å². The minimum Gasteiger partial charge on any atom is -0.484 e. The standard InChI is InChI=1S/C22H26ClIN2O3/c1-3-13-25-22(28)20(4-2)26(14-16-5-7-17(23)8-6-16)21(27)15-29-19-11-9-18(24)10-12-19/h5-12,20H,3-4,13-15H2,1-2H3,(H,25,28)/t20-/m0/s1. The molecule has 0 bridgehead atoms. The van der Waals surface area contributed by atoms with E-state index in [4.69, 9.17) is 16.3 Å². The molecule has 29 heavy (non-hydrogen) atoms. The molecule has 2 amide bonds. The van der Waals surface area contributed by atoms with Crippen molar-refractivity contribution in [1.82, 2.24) is 10.2 Å². The van der Waals surface area contributed by atoms with Crippen LogP contribution in [0.25, 0.3) is 0 Å². The average molecular weight is 529 g/mol. The number of carbonyl (C=O) groups excluding carboxylic acids is 2. The van der Waals surface area contributed by atoms with Gasteiger partial charge in [-0.15, -0.1) is 0 Å². The van der Waals surface area contributed by atoms with Gasteiger partial charge in [-0.25, -0.2) is 0 Å². The second-order valence-corrected chi connectivity index (χ2v) is 8.29. The Morgan fingerprint density at radius 2 is 1.76 bits per heavy atom. The number of carbonyl (C=O) groups is 2. The number of hydrogen-bond donors (Lipinski definition) is 1. The van der Waals surface area contributed by atoms with Gasteiger partial charge in [0.1, 0.15) is 11.8 Å². The lowest BCUT2D eigenvalue weighted by atomic mass is 10.1. The number of amides is 2. The topological polar surface area (TPSA) is 58.6 Å². The van der Waals surface area contributed by atoms with Gasteiger partial charge in [0, 0.05) is 21.7 Å². The maximum Gasteiger partial charge on any atom is 0.261 e. The van der Waals surface area contributed by atoms with Gasteiger partial charge in [-0.1, -0.05) is 37.6 Å². The normalized spacial score (nSPS) is 11.6. The second kappa shape index (κ2) is 12.0. The van der Waals surface area contributed by atoms with E-state index in [0.717, 1.165) is 15.6 Å². The Morgan fingerprint density at radius 3 is 2.34 bits per heavy atom. The zero-order chi connectivity index (χ0) is 21.2. The highest BCUT2D eigenvalue weighted by Gasteiger charge is 2.28. The monoisotopic (exact) mass is 528 g/mol. The van der Waals surface area contributed by atoms with Crippen LogP contribution in [0.2, 0.25) is 5.02 Å². The van der Waals surface area contributed by atoms with Crippen LogP contribution in [0.5, 0.6) is 5.75 Å². The average Bonchev–Trinajstić information content (AvgIpc) is 2.72. The zero-order valence-electron chi connectivity index (χ0n) is 16.7. The molecule has 1 atom stereocenters. The van der Waals surface area contributed by atoms with Gasteiger partial charge in [0.25, 0.3) is 5.91 Å². The van der Waals surface area contributed by atoms with Crippen molar-refractivity contribution in [2.45, 2.75) is 39.3 Å². The third-order valence-corrected chi connectivity index (χ3v) is 5.35. The summed E-state index contributed by atoms with van der Waals surface area (Å²) < 4.78 is 6.76. The maximum atomic E-state index is 13.0. The molecule has 156 valence electrons. The molecular formula is C22H26ClIN2O3. The fourth-order valence-corrected chi connectivity index (χ4v) is 3.32. The molecule has 0 saturated heterocycles. The molecule has 2 aromatic carbocycles. The summed E-state index contributed by atoms with van der Waals surface area (Å²) in [5, 5.41) is 3.52. The smallest absolute Gasteiger partial charge is 0.261 e. The van der Waals surface area contributed by atoms with E-state index >= 15 is 0 Å². The van der Waals surface area contributed by atoms with Gasteiger partial charge < -0.3 is 15.0 Å². The van der Waals surface area contributed by atoms with E-state index in [2.05, 4.69) is 27.9 Å². The number of rotatable bonds is 10. The minimum absolute atomic E-state index is 0.133. The van der Waals surface area contributed by atoms with Gasteiger partial charge in [-0.05, 0) is 77.4 Å². The summed E-state index contributed by atoms with van der Waals surface area (Å²) in [6.45, 7) is 4.65. The van der Waals surface area contributed by atoms with Crippen molar-refractivity contribution in [2.75, 3.05) is 13.2 Å². The van der Waals surface area contributed by atoms with Crippen LogP contribution in [0.3, 0.4) is 0 Å². The summed E-state index contributed by atoms with van der Waals surface area (Å²) in [7, 11) is 0. The molecule has 2 aromatic rings. The Morgan fingerprint density at radius 1 is 1.10 bits per heavy atom. The Balaban J connectivity index is 2.16. The minimum atomic E-state index is -0.565. The van der Waals surface area contributed by atoms with Crippen LogP contribution < -0.4 is 10.1 Å². The molecule has 7 heteroatoms. The Bertz CT molecular complexity index is 797. The number of nitrogens with one attached hydrogen (secondary N) is 1. The lowest BCUT2D eigenvalue weighted by Gasteiger charge is -2.30. The molecule has 1 N–H and O–H groups in total. The van der Waals surface area contributed by atoms with E-state index in [-0.39, 0.29) is 18.4 Å². The molecular weight excluding hydrogens is 503 g/mol. The Kier molecular flexibility index (Phi) is 9.73.